The number of hydrogen-bond donors (Lipinski definition) is 8. The van der Waals surface area contributed by atoms with Crippen molar-refractivity contribution in [3.8, 4) is 0 Å². The van der Waals surface area contributed by atoms with E-state index in [4.69, 9.17) is 8.22 Å². The Kier molecular flexibility index (Phi) is 20.2. The number of likely N-dealkylation sites (tertiary alicyclic amines) is 6. The zero-order valence-electron chi connectivity index (χ0n) is 68.5. The van der Waals surface area contributed by atoms with Crippen LogP contribution in [0.4, 0.5) is 0 Å². The van der Waals surface area contributed by atoms with Crippen molar-refractivity contribution in [2.45, 2.75) is 75.3 Å². The zero-order chi connectivity index (χ0) is 86.0. The van der Waals surface area contributed by atoms with Gasteiger partial charge in [0.15, 0.2) is 0 Å². The van der Waals surface area contributed by atoms with Crippen LogP contribution in [0, 0.1) is 21.7 Å². The fourth-order valence-electron chi connectivity index (χ4n) is 16.2. The normalized spacial score (nSPS) is 26.6. The monoisotopic (exact) mass is 1560 g/mol. The minimum Gasteiger partial charge on any atom is -0.356 e. The van der Waals surface area contributed by atoms with Crippen molar-refractivity contribution in [2.75, 3.05) is 78.5 Å². The average Bonchev–Trinajstić information content (AvgIpc) is 1.66. The molecule has 12 saturated heterocycles. The summed E-state index contributed by atoms with van der Waals surface area (Å²) < 4.78 is 44.9. The molecule has 6 atom stereocenters. The first kappa shape index (κ1) is 70.9. The highest BCUT2D eigenvalue weighted by Crippen LogP contribution is 2.44. The van der Waals surface area contributed by atoms with E-state index in [2.05, 4.69) is 112 Å². The molecule has 588 valence electrons. The van der Waals surface area contributed by atoms with Gasteiger partial charge in [0.25, 0.3) is 47.3 Å². The van der Waals surface area contributed by atoms with Gasteiger partial charge in [-0.2, -0.15) is 0 Å². The second-order valence-corrected chi connectivity index (χ2v) is 30.1. The third-order valence-corrected chi connectivity index (χ3v) is 22.1. The van der Waals surface area contributed by atoms with E-state index in [-0.39, 0.29) is 142 Å². The van der Waals surface area contributed by atoms with Crippen molar-refractivity contribution in [3.63, 3.8) is 0 Å². The molecule has 0 bridgehead atoms. The Morgan fingerprint density at radius 3 is 0.930 bits per heavy atom. The largest absolute Gasteiger partial charge is 0.356 e. The lowest BCUT2D eigenvalue weighted by molar-refractivity contribution is -0.127. The van der Waals surface area contributed by atoms with Gasteiger partial charge in [0.05, 0.1) is 54.6 Å². The third-order valence-electron chi connectivity index (χ3n) is 22.1. The smallest absolute Gasteiger partial charge is 0.272 e. The molecule has 0 aliphatic carbocycles. The lowest BCUT2D eigenvalue weighted by atomic mass is 9.85. The van der Waals surface area contributed by atoms with Crippen molar-refractivity contribution in [1.82, 2.24) is 102 Å². The van der Waals surface area contributed by atoms with Crippen molar-refractivity contribution < 1.29 is 65.8 Å². The molecule has 0 aromatic carbocycles. The molecule has 6 aromatic rings. The molecular formula is C82H88N20O12. The van der Waals surface area contributed by atoms with Gasteiger partial charge in [0.1, 0.15) is 45.2 Å². The van der Waals surface area contributed by atoms with Crippen LogP contribution in [-0.4, -0.2) is 220 Å². The van der Waals surface area contributed by atoms with E-state index in [9.17, 15) is 57.5 Å². The number of nitrogens with one attached hydrogen (secondary N) is 8. The number of carbonyl (C=O) groups excluding carboxylic acids is 12. The SMILES string of the molecule is [3H]c1ccc(C(=O)N2CCC3(C2)NC(=C)NC3=O)nc1.[3H]c1ccc(C(=O)N2CCC3(CC(=C)NC3=O)C2)nc1.[3H]c1cccc(C(=O)N2CCC3(C2)NC(=C)NC3=O)n1.[3H]c1cccc(C(=O)N2CCC3(CC(=C)NC3=O)C2)n1.[3H]c1cccnc1C(=O)N1CCC2(CC(=C)NC2=O)C1.[3H]c1ccnc(C(=O)N2CCC3(CC(=C)NC3=O)C2)c1. The Bertz CT molecular complexity index is 4970. The predicted octanol–water partition coefficient (Wildman–Crippen LogP) is 3.50. The molecule has 12 aliphatic rings. The van der Waals surface area contributed by atoms with Crippen LogP contribution < -0.4 is 42.5 Å². The molecule has 6 aromatic heterocycles. The predicted molar refractivity (Wildman–Crippen MR) is 412 cm³/mol. The van der Waals surface area contributed by atoms with Gasteiger partial charge in [-0.15, -0.1) is 0 Å². The Labute approximate surface area is 665 Å². The second kappa shape index (κ2) is 32.5. The lowest BCUT2D eigenvalue weighted by Gasteiger charge is -2.21. The van der Waals surface area contributed by atoms with Gasteiger partial charge < -0.3 is 71.9 Å². The molecule has 32 heteroatoms. The van der Waals surface area contributed by atoms with E-state index in [0.717, 1.165) is 17.1 Å². The molecule has 114 heavy (non-hydrogen) atoms. The standard InChI is InChI=1S/4C14H15N3O2.2C13H14N4O2/c4*1-10-8-14(13(19)16-10)5-7-17(9-14)12(18)11-4-2-3-6-15-11;2*1-9-15-12(19)13(16-9)5-7-17(8-13)11(18)10-4-2-3-6-14-10/h4*2-4,6H,1,5,7-9H2,(H,16,19);2*2-4,6,16H,1,5,7-8H2,(H,15,19)/i6T;4T;3T;2T;6T;3T. The number of pyridine rings is 6. The summed E-state index contributed by atoms with van der Waals surface area (Å²) in [6.45, 7) is 27.7. The summed E-state index contributed by atoms with van der Waals surface area (Å²) >= 11 is 0. The molecule has 12 amide bonds. The fraction of sp³-hybridized carbons (Fsp3) is 0.341. The minimum absolute atomic E-state index is 0.0349. The van der Waals surface area contributed by atoms with Crippen LogP contribution in [0.1, 0.15) is 135 Å². The molecule has 12 fully saturated rings. The Hall–Kier alpha value is -13.4. The summed E-state index contributed by atoms with van der Waals surface area (Å²) in [6.07, 6.45) is 11.7. The van der Waals surface area contributed by atoms with E-state index in [1.807, 2.05) is 0 Å². The molecular weight excluding hydrogens is 1460 g/mol. The maximum Gasteiger partial charge on any atom is 0.272 e. The summed E-state index contributed by atoms with van der Waals surface area (Å²) in [5.41, 5.74) is 0.726. The lowest BCUT2D eigenvalue weighted by Crippen LogP contribution is -2.49. The van der Waals surface area contributed by atoms with E-state index >= 15 is 0 Å². The van der Waals surface area contributed by atoms with E-state index in [0.29, 0.717) is 159 Å². The molecule has 6 spiro atoms. The summed E-state index contributed by atoms with van der Waals surface area (Å²) in [4.78, 5) is 179. The fourth-order valence-corrected chi connectivity index (χ4v) is 16.2. The van der Waals surface area contributed by atoms with Crippen LogP contribution in [0.5, 0.6) is 0 Å². The Balaban J connectivity index is 0.000000124. The first-order valence-corrected chi connectivity index (χ1v) is 36.9. The van der Waals surface area contributed by atoms with Crippen LogP contribution in [0.3, 0.4) is 0 Å². The molecule has 32 nitrogen and oxygen atoms in total. The summed E-state index contributed by atoms with van der Waals surface area (Å²) in [7, 11) is 0. The number of rotatable bonds is 6. The molecule has 18 heterocycles. The van der Waals surface area contributed by atoms with E-state index in [1.165, 1.54) is 73.3 Å². The Morgan fingerprint density at radius 1 is 0.316 bits per heavy atom. The van der Waals surface area contributed by atoms with Crippen LogP contribution in [-0.2, 0) is 28.8 Å². The van der Waals surface area contributed by atoms with Crippen molar-refractivity contribution in [2.24, 2.45) is 21.7 Å². The topological polar surface area (TPSA) is 398 Å². The van der Waals surface area contributed by atoms with Crippen molar-refractivity contribution >= 4 is 70.9 Å². The zero-order valence-corrected chi connectivity index (χ0v) is 62.5. The summed E-state index contributed by atoms with van der Waals surface area (Å²) in [5, 5.41) is 22.3. The van der Waals surface area contributed by atoms with Gasteiger partial charge in [-0.3, -0.25) is 87.4 Å². The first-order valence-electron chi connectivity index (χ1n) is 39.9. The third kappa shape index (κ3) is 16.5. The van der Waals surface area contributed by atoms with Crippen LogP contribution in [0.2, 0.25) is 0 Å². The van der Waals surface area contributed by atoms with Gasteiger partial charge in [-0.25, -0.2) is 0 Å². The number of amides is 12. The number of carbonyl (C=O) groups is 12. The summed E-state index contributed by atoms with van der Waals surface area (Å²) in [5.74, 6) is -0.925. The quantitative estimate of drug-likeness (QED) is 0.118. The maximum absolute atomic E-state index is 12.4. The van der Waals surface area contributed by atoms with Gasteiger partial charge in [-0.05, 0) is 111 Å². The average molecular weight is 1560 g/mol. The first-order chi connectivity index (χ1) is 57.0. The van der Waals surface area contributed by atoms with Gasteiger partial charge in [-0.1, -0.05) is 75.8 Å². The van der Waals surface area contributed by atoms with Gasteiger partial charge >= 0.3 is 0 Å². The Morgan fingerprint density at radius 2 is 0.623 bits per heavy atom. The highest BCUT2D eigenvalue weighted by Gasteiger charge is 2.56. The van der Waals surface area contributed by atoms with Gasteiger partial charge in [0, 0.05) is 151 Å². The highest BCUT2D eigenvalue weighted by atomic mass is 16.2. The molecule has 8 N–H and O–H groups in total. The second-order valence-electron chi connectivity index (χ2n) is 30.1. The summed E-state index contributed by atoms with van der Waals surface area (Å²) in [6, 6.07) is 22.6. The van der Waals surface area contributed by atoms with E-state index < -0.39 is 32.7 Å². The minimum atomic E-state index is -0.773. The van der Waals surface area contributed by atoms with Crippen LogP contribution >= 0.6 is 0 Å². The number of hydrogen-bond acceptors (Lipinski definition) is 20. The molecule has 18 rings (SSSR count). The highest BCUT2D eigenvalue weighted by molar-refractivity contribution is 6.00. The van der Waals surface area contributed by atoms with Gasteiger partial charge in [0.2, 0.25) is 23.6 Å². The molecule has 0 radical (unpaired) electrons. The molecule has 12 aliphatic heterocycles. The van der Waals surface area contributed by atoms with Crippen LogP contribution in [0.25, 0.3) is 0 Å². The molecule has 6 unspecified atom stereocenters. The number of nitrogens with zero attached hydrogens (tertiary/aromatic N) is 12. The van der Waals surface area contributed by atoms with Crippen molar-refractivity contribution in [1.29, 1.82) is 0 Å². The number of allylic oxidation sites excluding steroid dienone is 4. The van der Waals surface area contributed by atoms with Crippen molar-refractivity contribution in [3.05, 3.63) is 254 Å². The molecule has 0 saturated carbocycles. The maximum atomic E-state index is 12.4. The van der Waals surface area contributed by atoms with Crippen LogP contribution in [0.15, 0.2) is 220 Å². The number of aromatic nitrogens is 6. The van der Waals surface area contributed by atoms with E-state index in [1.54, 1.807) is 65.8 Å².